The molecule has 0 amide bonds. The van der Waals surface area contributed by atoms with E-state index < -0.39 is 6.10 Å². The Morgan fingerprint density at radius 2 is 0.611 bits per heavy atom. The lowest BCUT2D eigenvalue weighted by Gasteiger charge is -2.18. The first-order chi connectivity index (χ1) is 26.4. The van der Waals surface area contributed by atoms with Crippen LogP contribution in [0.3, 0.4) is 0 Å². The number of ether oxygens (including phenoxy) is 3. The van der Waals surface area contributed by atoms with Gasteiger partial charge in [0.25, 0.3) is 0 Å². The second-order valence-electron chi connectivity index (χ2n) is 16.9. The lowest BCUT2D eigenvalue weighted by Crippen LogP contribution is -2.30. The molecule has 0 rings (SSSR count). The van der Waals surface area contributed by atoms with Crippen molar-refractivity contribution in [2.75, 3.05) is 13.2 Å². The predicted molar refractivity (Wildman–Crippen MR) is 229 cm³/mol. The number of esters is 3. The van der Waals surface area contributed by atoms with Gasteiger partial charge < -0.3 is 14.2 Å². The van der Waals surface area contributed by atoms with Crippen LogP contribution in [-0.4, -0.2) is 37.2 Å². The molecule has 0 heterocycles. The topological polar surface area (TPSA) is 78.9 Å². The molecule has 0 bridgehead atoms. The molecule has 320 valence electrons. The van der Waals surface area contributed by atoms with Gasteiger partial charge in [-0.1, -0.05) is 227 Å². The molecular formula is C48H92O6. The van der Waals surface area contributed by atoms with Crippen LogP contribution in [-0.2, 0) is 28.6 Å². The lowest BCUT2D eigenvalue weighted by molar-refractivity contribution is -0.167. The number of hydrogen-bond donors (Lipinski definition) is 0. The number of unbranched alkanes of at least 4 members (excludes halogenated alkanes) is 30. The molecule has 0 radical (unpaired) electrons. The second kappa shape index (κ2) is 42.6. The summed E-state index contributed by atoms with van der Waals surface area (Å²) in [5, 5.41) is 0. The molecule has 6 heteroatoms. The fraction of sp³-hybridized carbons (Fsp3) is 0.938. The predicted octanol–water partition coefficient (Wildman–Crippen LogP) is 15.1. The highest BCUT2D eigenvalue weighted by Crippen LogP contribution is 2.16. The van der Waals surface area contributed by atoms with Crippen LogP contribution in [0.1, 0.15) is 265 Å². The Labute approximate surface area is 336 Å². The van der Waals surface area contributed by atoms with E-state index in [2.05, 4.69) is 27.7 Å². The van der Waals surface area contributed by atoms with Gasteiger partial charge in [-0.05, 0) is 25.2 Å². The molecule has 1 atom stereocenters. The Hall–Kier alpha value is -1.59. The van der Waals surface area contributed by atoms with Crippen molar-refractivity contribution in [2.24, 2.45) is 5.92 Å². The summed E-state index contributed by atoms with van der Waals surface area (Å²) in [6, 6.07) is 0. The van der Waals surface area contributed by atoms with Gasteiger partial charge in [0.1, 0.15) is 13.2 Å². The van der Waals surface area contributed by atoms with Crippen molar-refractivity contribution in [3.05, 3.63) is 0 Å². The van der Waals surface area contributed by atoms with Crippen LogP contribution in [0.15, 0.2) is 0 Å². The third kappa shape index (κ3) is 41.6. The quantitative estimate of drug-likeness (QED) is 0.0349. The van der Waals surface area contributed by atoms with E-state index in [4.69, 9.17) is 14.2 Å². The molecule has 0 aliphatic heterocycles. The average molecular weight is 765 g/mol. The van der Waals surface area contributed by atoms with Crippen molar-refractivity contribution in [1.29, 1.82) is 0 Å². The highest BCUT2D eigenvalue weighted by atomic mass is 16.6. The Morgan fingerprint density at radius 1 is 0.352 bits per heavy atom. The molecule has 0 unspecified atom stereocenters. The van der Waals surface area contributed by atoms with Crippen LogP contribution in [0, 0.1) is 5.92 Å². The monoisotopic (exact) mass is 765 g/mol. The Kier molecular flexibility index (Phi) is 41.3. The van der Waals surface area contributed by atoms with E-state index >= 15 is 0 Å². The van der Waals surface area contributed by atoms with E-state index in [-0.39, 0.29) is 31.1 Å². The fourth-order valence-electron chi connectivity index (χ4n) is 7.16. The van der Waals surface area contributed by atoms with Crippen LogP contribution >= 0.6 is 0 Å². The average Bonchev–Trinajstić information content (AvgIpc) is 3.15. The van der Waals surface area contributed by atoms with Gasteiger partial charge >= 0.3 is 17.9 Å². The van der Waals surface area contributed by atoms with E-state index in [0.717, 1.165) is 63.7 Å². The standard InChI is InChI=1S/C48H92O6/c1-5-7-9-11-13-15-19-24-27-31-35-39-46(49)52-42-45(54-48(51)41-37-33-29-23-16-14-12-10-8-6-2)43-53-47(50)40-36-32-28-25-21-18-17-20-22-26-30-34-38-44(3)4/h44-45H,5-43H2,1-4H3/t45-/m1/s1. The van der Waals surface area contributed by atoms with Crippen molar-refractivity contribution in [3.8, 4) is 0 Å². The number of carbonyl (C=O) groups is 3. The van der Waals surface area contributed by atoms with Crippen molar-refractivity contribution in [3.63, 3.8) is 0 Å². The minimum absolute atomic E-state index is 0.0634. The Bertz CT molecular complexity index is 811. The summed E-state index contributed by atoms with van der Waals surface area (Å²) in [6.45, 7) is 8.99. The summed E-state index contributed by atoms with van der Waals surface area (Å²) >= 11 is 0. The minimum Gasteiger partial charge on any atom is -0.462 e. The molecule has 0 spiro atoms. The highest BCUT2D eigenvalue weighted by Gasteiger charge is 2.19. The van der Waals surface area contributed by atoms with Gasteiger partial charge in [-0.2, -0.15) is 0 Å². The molecule has 6 nitrogen and oxygen atoms in total. The van der Waals surface area contributed by atoms with Crippen LogP contribution in [0.25, 0.3) is 0 Å². The molecule has 0 aromatic carbocycles. The van der Waals surface area contributed by atoms with Gasteiger partial charge in [0.2, 0.25) is 0 Å². The van der Waals surface area contributed by atoms with E-state index in [9.17, 15) is 14.4 Å². The normalized spacial score (nSPS) is 11.9. The molecule has 0 saturated carbocycles. The third-order valence-corrected chi connectivity index (χ3v) is 10.8. The summed E-state index contributed by atoms with van der Waals surface area (Å²) in [7, 11) is 0. The van der Waals surface area contributed by atoms with E-state index in [0.29, 0.717) is 19.3 Å². The van der Waals surface area contributed by atoms with Crippen LogP contribution in [0.2, 0.25) is 0 Å². The summed E-state index contributed by atoms with van der Waals surface area (Å²) in [4.78, 5) is 37.7. The molecule has 0 saturated heterocycles. The Morgan fingerprint density at radius 3 is 0.907 bits per heavy atom. The molecule has 0 aliphatic rings. The molecule has 0 aromatic heterocycles. The maximum Gasteiger partial charge on any atom is 0.306 e. The van der Waals surface area contributed by atoms with Gasteiger partial charge in [-0.25, -0.2) is 0 Å². The van der Waals surface area contributed by atoms with Gasteiger partial charge in [0, 0.05) is 19.3 Å². The van der Waals surface area contributed by atoms with Crippen molar-refractivity contribution in [1.82, 2.24) is 0 Å². The van der Waals surface area contributed by atoms with E-state index in [1.807, 2.05) is 0 Å². The molecule has 0 aliphatic carbocycles. The smallest absolute Gasteiger partial charge is 0.306 e. The maximum absolute atomic E-state index is 12.7. The van der Waals surface area contributed by atoms with Gasteiger partial charge in [-0.3, -0.25) is 14.4 Å². The molecule has 0 aromatic rings. The zero-order valence-corrected chi connectivity index (χ0v) is 36.7. The van der Waals surface area contributed by atoms with E-state index in [1.54, 1.807) is 0 Å². The van der Waals surface area contributed by atoms with Crippen LogP contribution < -0.4 is 0 Å². The first-order valence-electron chi connectivity index (χ1n) is 23.9. The van der Waals surface area contributed by atoms with Gasteiger partial charge in [-0.15, -0.1) is 0 Å². The molecular weight excluding hydrogens is 673 g/mol. The van der Waals surface area contributed by atoms with Gasteiger partial charge in [0.05, 0.1) is 0 Å². The Balaban J connectivity index is 4.28. The number of rotatable bonds is 43. The molecule has 54 heavy (non-hydrogen) atoms. The zero-order valence-electron chi connectivity index (χ0n) is 36.7. The summed E-state index contributed by atoms with van der Waals surface area (Å²) in [5.41, 5.74) is 0. The highest BCUT2D eigenvalue weighted by molar-refractivity contribution is 5.71. The summed E-state index contributed by atoms with van der Waals surface area (Å²) < 4.78 is 16.7. The minimum atomic E-state index is -0.758. The number of carbonyl (C=O) groups excluding carboxylic acids is 3. The summed E-state index contributed by atoms with van der Waals surface area (Å²) in [5.74, 6) is -0.0183. The van der Waals surface area contributed by atoms with Crippen LogP contribution in [0.5, 0.6) is 0 Å². The van der Waals surface area contributed by atoms with Gasteiger partial charge in [0.15, 0.2) is 6.10 Å². The third-order valence-electron chi connectivity index (χ3n) is 10.8. The molecule has 0 fully saturated rings. The lowest BCUT2D eigenvalue weighted by atomic mass is 10.0. The first-order valence-corrected chi connectivity index (χ1v) is 23.9. The second-order valence-corrected chi connectivity index (χ2v) is 16.9. The number of hydrogen-bond acceptors (Lipinski definition) is 6. The van der Waals surface area contributed by atoms with Crippen molar-refractivity contribution in [2.45, 2.75) is 271 Å². The van der Waals surface area contributed by atoms with Crippen molar-refractivity contribution < 1.29 is 28.6 Å². The van der Waals surface area contributed by atoms with Crippen LogP contribution in [0.4, 0.5) is 0 Å². The fourth-order valence-corrected chi connectivity index (χ4v) is 7.16. The first kappa shape index (κ1) is 52.4. The van der Waals surface area contributed by atoms with E-state index in [1.165, 1.54) is 161 Å². The molecule has 0 N–H and O–H groups in total. The maximum atomic E-state index is 12.7. The van der Waals surface area contributed by atoms with Crippen molar-refractivity contribution >= 4 is 17.9 Å². The summed E-state index contributed by atoms with van der Waals surface area (Å²) in [6.07, 6.45) is 42.2. The largest absolute Gasteiger partial charge is 0.462 e. The SMILES string of the molecule is CCCCCCCCCCCCCC(=O)OC[C@H](COC(=O)CCCCCCCCCCCCCCC(C)C)OC(=O)CCCCCCCCCCCC. The zero-order chi connectivity index (χ0) is 39.6.